The van der Waals surface area contributed by atoms with Gasteiger partial charge in [0.2, 0.25) is 11.7 Å². The van der Waals surface area contributed by atoms with E-state index >= 15 is 0 Å². The Balaban J connectivity index is 2.14. The number of nitrogens with one attached hydrogen (secondary N) is 1. The van der Waals surface area contributed by atoms with Crippen molar-refractivity contribution < 1.29 is 19.1 Å². The van der Waals surface area contributed by atoms with Crippen LogP contribution in [0.3, 0.4) is 0 Å². The molecule has 140 valence electrons. The number of rotatable bonds is 7. The van der Waals surface area contributed by atoms with Gasteiger partial charge in [0.05, 0.1) is 0 Å². The molecule has 0 aliphatic carbocycles. The first-order valence-corrected chi connectivity index (χ1v) is 8.79. The van der Waals surface area contributed by atoms with Gasteiger partial charge in [-0.25, -0.2) is 4.79 Å². The predicted octanol–water partition coefficient (Wildman–Crippen LogP) is 3.54. The highest BCUT2D eigenvalue weighted by atomic mass is 16.5. The summed E-state index contributed by atoms with van der Waals surface area (Å²) in [4.78, 5) is 36.4. The highest BCUT2D eigenvalue weighted by Crippen LogP contribution is 2.12. The van der Waals surface area contributed by atoms with Crippen molar-refractivity contribution in [3.8, 4) is 0 Å². The lowest BCUT2D eigenvalue weighted by atomic mass is 10.0. The number of amides is 1. The topological polar surface area (TPSA) is 72.5 Å². The minimum Gasteiger partial charge on any atom is -0.450 e. The lowest BCUT2D eigenvalue weighted by Crippen LogP contribution is -2.31. The fourth-order valence-corrected chi connectivity index (χ4v) is 2.47. The highest BCUT2D eigenvalue weighted by Gasteiger charge is 2.22. The first-order chi connectivity index (χ1) is 12.9. The summed E-state index contributed by atoms with van der Waals surface area (Å²) >= 11 is 0. The number of hydrogen-bond acceptors (Lipinski definition) is 4. The lowest BCUT2D eigenvalue weighted by molar-refractivity contribution is -0.142. The number of Topliss-reactive ketones (excluding diaryl/α,β-unsaturated/α-hetero) is 1. The minimum atomic E-state index is -0.974. The maximum absolute atomic E-state index is 12.5. The molecule has 5 heteroatoms. The molecule has 1 amide bonds. The average Bonchev–Trinajstić information content (AvgIpc) is 2.67. The van der Waals surface area contributed by atoms with Crippen LogP contribution in [0.15, 0.2) is 60.3 Å². The van der Waals surface area contributed by atoms with Crippen LogP contribution in [0, 0.1) is 0 Å². The van der Waals surface area contributed by atoms with Crippen LogP contribution in [-0.4, -0.2) is 23.8 Å². The molecule has 27 heavy (non-hydrogen) atoms. The number of ether oxygens (including phenoxy) is 1. The first kappa shape index (κ1) is 20.1. The van der Waals surface area contributed by atoms with E-state index in [1.807, 2.05) is 37.3 Å². The third-order valence-electron chi connectivity index (χ3n) is 3.94. The molecule has 1 N–H and O–H groups in total. The quantitative estimate of drug-likeness (QED) is 0.463. The molecule has 2 aromatic rings. The molecule has 0 heterocycles. The van der Waals surface area contributed by atoms with Crippen molar-refractivity contribution in [2.45, 2.75) is 33.3 Å². The number of carbonyl (C=O) groups is 3. The van der Waals surface area contributed by atoms with E-state index in [1.54, 1.807) is 24.3 Å². The van der Waals surface area contributed by atoms with Crippen LogP contribution in [0.5, 0.6) is 0 Å². The Kier molecular flexibility index (Phi) is 7.06. The first-order valence-electron chi connectivity index (χ1n) is 8.79. The SMILES string of the molecule is CCc1ccc(C(=O)[C@H](C)OC(=O)/C(=C/c2ccccc2)NC(C)=O)cc1. The third kappa shape index (κ3) is 5.92. The fraction of sp³-hybridized carbons (Fsp3) is 0.227. The van der Waals surface area contributed by atoms with Crippen LogP contribution in [-0.2, 0) is 20.7 Å². The van der Waals surface area contributed by atoms with Gasteiger partial charge in [0, 0.05) is 12.5 Å². The number of ketones is 1. The largest absolute Gasteiger partial charge is 0.450 e. The van der Waals surface area contributed by atoms with Crippen molar-refractivity contribution in [3.05, 3.63) is 77.0 Å². The minimum absolute atomic E-state index is 0.0188. The molecule has 0 unspecified atom stereocenters. The van der Waals surface area contributed by atoms with Crippen molar-refractivity contribution in [1.82, 2.24) is 5.32 Å². The molecule has 5 nitrogen and oxygen atoms in total. The Morgan fingerprint density at radius 3 is 2.22 bits per heavy atom. The summed E-state index contributed by atoms with van der Waals surface area (Å²) in [6.07, 6.45) is 1.42. The lowest BCUT2D eigenvalue weighted by Gasteiger charge is -2.14. The normalized spacial score (nSPS) is 12.2. The van der Waals surface area contributed by atoms with Gasteiger partial charge in [0.25, 0.3) is 0 Å². The number of aryl methyl sites for hydroxylation is 1. The molecule has 0 saturated carbocycles. The van der Waals surface area contributed by atoms with Gasteiger partial charge < -0.3 is 10.1 Å². The number of esters is 1. The summed E-state index contributed by atoms with van der Waals surface area (Å²) in [5.41, 5.74) is 2.30. The van der Waals surface area contributed by atoms with E-state index in [0.29, 0.717) is 5.56 Å². The molecule has 0 fully saturated rings. The molecule has 2 rings (SSSR count). The number of carbonyl (C=O) groups excluding carboxylic acids is 3. The van der Waals surface area contributed by atoms with E-state index in [0.717, 1.165) is 17.5 Å². The van der Waals surface area contributed by atoms with E-state index in [-0.39, 0.29) is 11.5 Å². The van der Waals surface area contributed by atoms with E-state index in [9.17, 15) is 14.4 Å². The molecule has 0 saturated heterocycles. The molecule has 2 aromatic carbocycles. The third-order valence-corrected chi connectivity index (χ3v) is 3.94. The van der Waals surface area contributed by atoms with Gasteiger partial charge in [-0.15, -0.1) is 0 Å². The molecule has 0 aliphatic rings. The fourth-order valence-electron chi connectivity index (χ4n) is 2.47. The Morgan fingerprint density at radius 1 is 1.04 bits per heavy atom. The summed E-state index contributed by atoms with van der Waals surface area (Å²) in [7, 11) is 0. The average molecular weight is 365 g/mol. The molecule has 0 bridgehead atoms. The maximum Gasteiger partial charge on any atom is 0.355 e. The van der Waals surface area contributed by atoms with Crippen molar-refractivity contribution in [1.29, 1.82) is 0 Å². The Bertz CT molecular complexity index is 838. The molecule has 1 atom stereocenters. The van der Waals surface area contributed by atoms with Crippen molar-refractivity contribution in [2.24, 2.45) is 0 Å². The second-order valence-corrected chi connectivity index (χ2v) is 6.11. The number of hydrogen-bond donors (Lipinski definition) is 1. The Morgan fingerprint density at radius 2 is 1.67 bits per heavy atom. The second kappa shape index (κ2) is 9.48. The monoisotopic (exact) mass is 365 g/mol. The molecular formula is C22H23NO4. The van der Waals surface area contributed by atoms with Gasteiger partial charge in [0.15, 0.2) is 6.10 Å². The van der Waals surface area contributed by atoms with Gasteiger partial charge in [-0.05, 0) is 30.5 Å². The van der Waals surface area contributed by atoms with Crippen molar-refractivity contribution >= 4 is 23.7 Å². The van der Waals surface area contributed by atoms with Crippen molar-refractivity contribution in [3.63, 3.8) is 0 Å². The van der Waals surface area contributed by atoms with Gasteiger partial charge in [-0.2, -0.15) is 0 Å². The van der Waals surface area contributed by atoms with Crippen molar-refractivity contribution in [2.75, 3.05) is 0 Å². The summed E-state index contributed by atoms with van der Waals surface area (Å²) in [6.45, 7) is 4.85. The van der Waals surface area contributed by atoms with Crippen LogP contribution in [0.4, 0.5) is 0 Å². The maximum atomic E-state index is 12.5. The molecule has 0 aromatic heterocycles. The van der Waals surface area contributed by atoms with E-state index in [4.69, 9.17) is 4.74 Å². The van der Waals surface area contributed by atoms with E-state index in [2.05, 4.69) is 5.32 Å². The Hall–Kier alpha value is -3.21. The standard InChI is InChI=1S/C22H23NO4/c1-4-17-10-12-19(13-11-17)21(25)15(2)27-22(26)20(23-16(3)24)14-18-8-6-5-7-9-18/h5-15H,4H2,1-3H3,(H,23,24)/b20-14-/t15-/m0/s1. The van der Waals surface area contributed by atoms with E-state index < -0.39 is 18.0 Å². The van der Waals surface area contributed by atoms with Gasteiger partial charge in [-0.1, -0.05) is 61.5 Å². The smallest absolute Gasteiger partial charge is 0.355 e. The number of benzene rings is 2. The zero-order chi connectivity index (χ0) is 19.8. The van der Waals surface area contributed by atoms with Crippen LogP contribution in [0.1, 0.15) is 42.3 Å². The molecule has 0 spiro atoms. The molecular weight excluding hydrogens is 342 g/mol. The molecule has 0 aliphatic heterocycles. The zero-order valence-corrected chi connectivity index (χ0v) is 15.7. The summed E-state index contributed by atoms with van der Waals surface area (Å²) in [6, 6.07) is 16.2. The van der Waals surface area contributed by atoms with Gasteiger partial charge >= 0.3 is 5.97 Å². The zero-order valence-electron chi connectivity index (χ0n) is 15.7. The molecule has 0 radical (unpaired) electrons. The van der Waals surface area contributed by atoms with Crippen LogP contribution in [0.25, 0.3) is 6.08 Å². The summed E-state index contributed by atoms with van der Waals surface area (Å²) in [5.74, 6) is -1.46. The van der Waals surface area contributed by atoms with Crippen LogP contribution in [0.2, 0.25) is 0 Å². The van der Waals surface area contributed by atoms with Gasteiger partial charge in [0.1, 0.15) is 5.70 Å². The van der Waals surface area contributed by atoms with Crippen LogP contribution >= 0.6 is 0 Å². The van der Waals surface area contributed by atoms with E-state index in [1.165, 1.54) is 19.9 Å². The highest BCUT2D eigenvalue weighted by molar-refractivity contribution is 6.03. The van der Waals surface area contributed by atoms with Gasteiger partial charge in [-0.3, -0.25) is 9.59 Å². The van der Waals surface area contributed by atoms with Crippen LogP contribution < -0.4 is 5.32 Å². The second-order valence-electron chi connectivity index (χ2n) is 6.11. The summed E-state index contributed by atoms with van der Waals surface area (Å²) < 4.78 is 5.29. The summed E-state index contributed by atoms with van der Waals surface area (Å²) in [5, 5.41) is 2.46. The predicted molar refractivity (Wildman–Crippen MR) is 104 cm³/mol. The Labute approximate surface area is 159 Å².